The molecule has 0 aliphatic rings. The molecule has 0 radical (unpaired) electrons. The number of hydrogen-bond donors (Lipinski definition) is 1. The topological polar surface area (TPSA) is 12.0 Å². The van der Waals surface area contributed by atoms with Gasteiger partial charge in [0.1, 0.15) is 0 Å². The van der Waals surface area contributed by atoms with E-state index in [1.165, 1.54) is 11.1 Å². The van der Waals surface area contributed by atoms with E-state index in [4.69, 9.17) is 0 Å². The lowest BCUT2D eigenvalue weighted by molar-refractivity contribution is -0.135. The monoisotopic (exact) mass is 245 g/mol. The van der Waals surface area contributed by atoms with Gasteiger partial charge in [-0.2, -0.15) is 13.2 Å². The van der Waals surface area contributed by atoms with Crippen LogP contribution in [-0.2, 0) is 6.54 Å². The predicted molar refractivity (Wildman–Crippen MR) is 62.8 cm³/mol. The van der Waals surface area contributed by atoms with E-state index in [1.807, 2.05) is 31.2 Å². The van der Waals surface area contributed by atoms with Crippen molar-refractivity contribution in [2.45, 2.75) is 38.9 Å². The lowest BCUT2D eigenvalue weighted by atomic mass is 10.1. The van der Waals surface area contributed by atoms with Gasteiger partial charge in [0.15, 0.2) is 0 Å². The number of alkyl halides is 3. The van der Waals surface area contributed by atoms with Crippen molar-refractivity contribution in [2.75, 3.05) is 6.54 Å². The molecule has 0 saturated heterocycles. The molecule has 0 heterocycles. The third-order valence-corrected chi connectivity index (χ3v) is 2.64. The smallest absolute Gasteiger partial charge is 0.313 e. The van der Waals surface area contributed by atoms with E-state index in [0.717, 1.165) is 6.54 Å². The molecule has 4 heteroatoms. The van der Waals surface area contributed by atoms with Crippen molar-refractivity contribution < 1.29 is 13.2 Å². The van der Waals surface area contributed by atoms with Gasteiger partial charge in [0.2, 0.25) is 0 Å². The molecular formula is C13H18F3N. The third-order valence-electron chi connectivity index (χ3n) is 2.64. The first-order valence-electron chi connectivity index (χ1n) is 5.81. The predicted octanol–water partition coefficient (Wildman–Crippen LogP) is 3.82. The van der Waals surface area contributed by atoms with Crippen LogP contribution in [-0.4, -0.2) is 12.7 Å². The minimum Gasteiger partial charge on any atom is -0.313 e. The highest BCUT2D eigenvalue weighted by molar-refractivity contribution is 5.25. The van der Waals surface area contributed by atoms with Gasteiger partial charge in [0.25, 0.3) is 0 Å². The quantitative estimate of drug-likeness (QED) is 0.751. The molecule has 1 aromatic rings. The molecular weight excluding hydrogens is 227 g/mol. The molecule has 0 spiro atoms. The molecule has 1 nitrogen and oxygen atoms in total. The van der Waals surface area contributed by atoms with Gasteiger partial charge in [-0.05, 0) is 37.4 Å². The summed E-state index contributed by atoms with van der Waals surface area (Å²) in [5, 5.41) is 3.16. The first kappa shape index (κ1) is 14.0. The van der Waals surface area contributed by atoms with E-state index in [1.54, 1.807) is 0 Å². The van der Waals surface area contributed by atoms with Crippen molar-refractivity contribution in [2.24, 2.45) is 0 Å². The lowest BCUT2D eigenvalue weighted by Gasteiger charge is -2.08. The zero-order chi connectivity index (χ0) is 12.7. The van der Waals surface area contributed by atoms with Gasteiger partial charge in [-0.1, -0.05) is 24.3 Å². The number of hydrogen-bond acceptors (Lipinski definition) is 1. The van der Waals surface area contributed by atoms with E-state index in [2.05, 4.69) is 5.32 Å². The van der Waals surface area contributed by atoms with Crippen molar-refractivity contribution in [3.05, 3.63) is 35.4 Å². The second-order valence-electron chi connectivity index (χ2n) is 4.18. The summed E-state index contributed by atoms with van der Waals surface area (Å²) >= 11 is 0. The Labute approximate surface area is 100 Å². The van der Waals surface area contributed by atoms with Crippen LogP contribution >= 0.6 is 0 Å². The number of rotatable bonds is 6. The maximum absolute atomic E-state index is 11.9. The first-order valence-corrected chi connectivity index (χ1v) is 5.81. The Morgan fingerprint density at radius 3 is 2.47 bits per heavy atom. The van der Waals surface area contributed by atoms with Gasteiger partial charge in [-0.25, -0.2) is 0 Å². The number of nitrogens with one attached hydrogen (secondary N) is 1. The van der Waals surface area contributed by atoms with Crippen LogP contribution in [0.3, 0.4) is 0 Å². The van der Waals surface area contributed by atoms with Crippen molar-refractivity contribution >= 4 is 0 Å². The fourth-order valence-corrected chi connectivity index (χ4v) is 1.61. The van der Waals surface area contributed by atoms with Crippen molar-refractivity contribution in [3.8, 4) is 0 Å². The summed E-state index contributed by atoms with van der Waals surface area (Å²) in [4.78, 5) is 0. The van der Waals surface area contributed by atoms with Crippen molar-refractivity contribution in [1.29, 1.82) is 0 Å². The fourth-order valence-electron chi connectivity index (χ4n) is 1.61. The molecule has 0 fully saturated rings. The summed E-state index contributed by atoms with van der Waals surface area (Å²) in [5.41, 5.74) is 2.40. The van der Waals surface area contributed by atoms with Gasteiger partial charge >= 0.3 is 6.18 Å². The second kappa shape index (κ2) is 6.64. The average molecular weight is 245 g/mol. The Morgan fingerprint density at radius 1 is 1.12 bits per heavy atom. The van der Waals surface area contributed by atoms with E-state index >= 15 is 0 Å². The van der Waals surface area contributed by atoms with Crippen molar-refractivity contribution in [1.82, 2.24) is 5.32 Å². The number of halogens is 3. The van der Waals surface area contributed by atoms with Crippen LogP contribution in [0.15, 0.2) is 24.3 Å². The van der Waals surface area contributed by atoms with Gasteiger partial charge in [0.05, 0.1) is 0 Å². The van der Waals surface area contributed by atoms with E-state index in [0.29, 0.717) is 13.0 Å². The van der Waals surface area contributed by atoms with Gasteiger partial charge in [-0.3, -0.25) is 0 Å². The number of benzene rings is 1. The van der Waals surface area contributed by atoms with Crippen LogP contribution in [0, 0.1) is 6.92 Å². The molecule has 0 aliphatic carbocycles. The molecule has 0 bridgehead atoms. The summed E-state index contributed by atoms with van der Waals surface area (Å²) in [5.74, 6) is 0. The molecule has 0 aromatic heterocycles. The zero-order valence-electron chi connectivity index (χ0n) is 9.98. The third kappa shape index (κ3) is 6.31. The Morgan fingerprint density at radius 2 is 1.82 bits per heavy atom. The van der Waals surface area contributed by atoms with Crippen molar-refractivity contribution in [3.63, 3.8) is 0 Å². The van der Waals surface area contributed by atoms with Crippen LogP contribution in [0.5, 0.6) is 0 Å². The lowest BCUT2D eigenvalue weighted by Crippen LogP contribution is -2.16. The Balaban J connectivity index is 2.11. The maximum atomic E-state index is 11.9. The summed E-state index contributed by atoms with van der Waals surface area (Å²) < 4.78 is 35.6. The summed E-state index contributed by atoms with van der Waals surface area (Å²) in [6.45, 7) is 3.38. The summed E-state index contributed by atoms with van der Waals surface area (Å²) in [6, 6.07) is 7.99. The molecule has 0 unspecified atom stereocenters. The highest BCUT2D eigenvalue weighted by Crippen LogP contribution is 2.21. The van der Waals surface area contributed by atoms with E-state index in [9.17, 15) is 13.2 Å². The van der Waals surface area contributed by atoms with Crippen LogP contribution < -0.4 is 5.32 Å². The molecule has 96 valence electrons. The molecule has 17 heavy (non-hydrogen) atoms. The second-order valence-corrected chi connectivity index (χ2v) is 4.18. The fraction of sp³-hybridized carbons (Fsp3) is 0.538. The molecule has 0 amide bonds. The normalized spacial score (nSPS) is 11.8. The zero-order valence-corrected chi connectivity index (χ0v) is 9.98. The van der Waals surface area contributed by atoms with Crippen LogP contribution in [0.25, 0.3) is 0 Å². The van der Waals surface area contributed by atoms with E-state index in [-0.39, 0.29) is 6.42 Å². The average Bonchev–Trinajstić information content (AvgIpc) is 2.24. The maximum Gasteiger partial charge on any atom is 0.389 e. The standard InChI is InChI=1S/C13H18F3N/c1-11-6-2-3-7-12(11)10-17-9-5-4-8-13(14,15)16/h2-3,6-7,17H,4-5,8-10H2,1H3. The molecule has 0 aliphatic heterocycles. The first-order chi connectivity index (χ1) is 7.99. The Kier molecular flexibility index (Phi) is 5.48. The van der Waals surface area contributed by atoms with Crippen LogP contribution in [0.1, 0.15) is 30.4 Å². The largest absolute Gasteiger partial charge is 0.389 e. The number of aryl methyl sites for hydroxylation is 1. The van der Waals surface area contributed by atoms with Crippen LogP contribution in [0.2, 0.25) is 0 Å². The number of unbranched alkanes of at least 4 members (excludes halogenated alkanes) is 1. The summed E-state index contributed by atoms with van der Waals surface area (Å²) in [6.07, 6.45) is -3.94. The van der Waals surface area contributed by atoms with Crippen LogP contribution in [0.4, 0.5) is 13.2 Å². The molecule has 1 N–H and O–H groups in total. The Bertz CT molecular complexity index is 334. The Hall–Kier alpha value is -1.03. The molecule has 1 rings (SSSR count). The highest BCUT2D eigenvalue weighted by atomic mass is 19.4. The highest BCUT2D eigenvalue weighted by Gasteiger charge is 2.25. The van der Waals surface area contributed by atoms with E-state index < -0.39 is 12.6 Å². The summed E-state index contributed by atoms with van der Waals surface area (Å²) in [7, 11) is 0. The minimum absolute atomic E-state index is 0.199. The van der Waals surface area contributed by atoms with Gasteiger partial charge < -0.3 is 5.32 Å². The molecule has 1 aromatic carbocycles. The van der Waals surface area contributed by atoms with Gasteiger partial charge in [0, 0.05) is 13.0 Å². The SMILES string of the molecule is Cc1ccccc1CNCCCCC(F)(F)F. The molecule has 0 saturated carbocycles. The van der Waals surface area contributed by atoms with Gasteiger partial charge in [-0.15, -0.1) is 0 Å². The minimum atomic E-state index is -4.02. The molecule has 0 atom stereocenters.